The van der Waals surface area contributed by atoms with E-state index < -0.39 is 0 Å². The summed E-state index contributed by atoms with van der Waals surface area (Å²) in [6, 6.07) is 2.11. The average Bonchev–Trinajstić information content (AvgIpc) is 2.10. The van der Waals surface area contributed by atoms with Gasteiger partial charge in [-0.2, -0.15) is 5.26 Å². The van der Waals surface area contributed by atoms with E-state index in [9.17, 15) is 4.79 Å². The molecule has 14 heavy (non-hydrogen) atoms. The zero-order valence-electron chi connectivity index (χ0n) is 8.79. The van der Waals surface area contributed by atoms with E-state index in [1.165, 1.54) is 0 Å². The molecule has 1 amide bonds. The number of amides is 1. The predicted molar refractivity (Wildman–Crippen MR) is 53.4 cm³/mol. The Hall–Kier alpha value is -1.08. The van der Waals surface area contributed by atoms with Crippen LogP contribution in [0.5, 0.6) is 0 Å². The molecule has 1 N–H and O–H groups in total. The lowest BCUT2D eigenvalue weighted by Gasteiger charge is -2.30. The molecular formula is C10H17N3O. The molecule has 78 valence electrons. The van der Waals surface area contributed by atoms with Gasteiger partial charge >= 0.3 is 0 Å². The van der Waals surface area contributed by atoms with Crippen LogP contribution < -0.4 is 5.32 Å². The van der Waals surface area contributed by atoms with Gasteiger partial charge in [0.2, 0.25) is 5.91 Å². The van der Waals surface area contributed by atoms with Gasteiger partial charge in [0.25, 0.3) is 0 Å². The zero-order valence-corrected chi connectivity index (χ0v) is 8.79. The van der Waals surface area contributed by atoms with Crippen LogP contribution in [0.2, 0.25) is 0 Å². The molecule has 1 aliphatic rings. The summed E-state index contributed by atoms with van der Waals surface area (Å²) in [4.78, 5) is 13.3. The van der Waals surface area contributed by atoms with Crippen LogP contribution >= 0.6 is 0 Å². The highest BCUT2D eigenvalue weighted by molar-refractivity contribution is 5.76. The van der Waals surface area contributed by atoms with Crippen LogP contribution in [0.4, 0.5) is 0 Å². The maximum atomic E-state index is 11.7. The molecule has 4 nitrogen and oxygen atoms in total. The number of hydrogen-bond acceptors (Lipinski definition) is 3. The Balaban J connectivity index is 2.31. The quantitative estimate of drug-likeness (QED) is 0.704. The highest BCUT2D eigenvalue weighted by Crippen LogP contribution is 2.12. The lowest BCUT2D eigenvalue weighted by molar-refractivity contribution is -0.132. The van der Waals surface area contributed by atoms with Crippen molar-refractivity contribution in [3.05, 3.63) is 0 Å². The monoisotopic (exact) mass is 195 g/mol. The Morgan fingerprint density at radius 3 is 2.79 bits per heavy atom. The van der Waals surface area contributed by atoms with Gasteiger partial charge in [-0.15, -0.1) is 0 Å². The van der Waals surface area contributed by atoms with Gasteiger partial charge in [-0.3, -0.25) is 4.79 Å². The van der Waals surface area contributed by atoms with Gasteiger partial charge < -0.3 is 10.2 Å². The molecular weight excluding hydrogens is 178 g/mol. The van der Waals surface area contributed by atoms with Crippen LogP contribution in [0.15, 0.2) is 0 Å². The standard InChI is InChI=1S/C10H17N3O/c1-8(3-4-11)13(2)10(14)5-9-6-12-7-9/h8-9,12H,3,5-7H2,1-2H3. The van der Waals surface area contributed by atoms with Gasteiger partial charge in [0.05, 0.1) is 12.5 Å². The molecule has 1 rings (SSSR count). The van der Waals surface area contributed by atoms with Gasteiger partial charge in [0, 0.05) is 19.5 Å². The summed E-state index contributed by atoms with van der Waals surface area (Å²) < 4.78 is 0. The summed E-state index contributed by atoms with van der Waals surface area (Å²) in [6.07, 6.45) is 1.02. The van der Waals surface area contributed by atoms with E-state index in [1.54, 1.807) is 11.9 Å². The third-order valence-corrected chi connectivity index (χ3v) is 2.77. The second-order valence-electron chi connectivity index (χ2n) is 3.94. The van der Waals surface area contributed by atoms with Crippen LogP contribution in [0.1, 0.15) is 19.8 Å². The highest BCUT2D eigenvalue weighted by Gasteiger charge is 2.23. The van der Waals surface area contributed by atoms with Crippen molar-refractivity contribution in [3.63, 3.8) is 0 Å². The van der Waals surface area contributed by atoms with Gasteiger partial charge in [0.1, 0.15) is 0 Å². The van der Waals surface area contributed by atoms with Gasteiger partial charge in [-0.05, 0) is 25.9 Å². The second-order valence-corrected chi connectivity index (χ2v) is 3.94. The Morgan fingerprint density at radius 2 is 2.36 bits per heavy atom. The molecule has 1 aliphatic heterocycles. The van der Waals surface area contributed by atoms with E-state index in [4.69, 9.17) is 5.26 Å². The lowest BCUT2D eigenvalue weighted by Crippen LogP contribution is -2.45. The molecule has 0 aromatic rings. The second kappa shape index (κ2) is 4.97. The Bertz CT molecular complexity index is 242. The van der Waals surface area contributed by atoms with Crippen molar-refractivity contribution >= 4 is 5.91 Å². The van der Waals surface area contributed by atoms with Crippen molar-refractivity contribution in [1.82, 2.24) is 10.2 Å². The minimum atomic E-state index is 0.0283. The normalized spacial score (nSPS) is 18.1. The summed E-state index contributed by atoms with van der Waals surface area (Å²) >= 11 is 0. The van der Waals surface area contributed by atoms with Crippen molar-refractivity contribution < 1.29 is 4.79 Å². The molecule has 1 unspecified atom stereocenters. The Morgan fingerprint density at radius 1 is 1.71 bits per heavy atom. The fraction of sp³-hybridized carbons (Fsp3) is 0.800. The first-order chi connectivity index (χ1) is 6.65. The number of nitriles is 1. The molecule has 0 aromatic carbocycles. The smallest absolute Gasteiger partial charge is 0.222 e. The molecule has 0 aliphatic carbocycles. The number of rotatable bonds is 4. The topological polar surface area (TPSA) is 56.1 Å². The van der Waals surface area contributed by atoms with Crippen LogP contribution in [-0.2, 0) is 4.79 Å². The Kier molecular flexibility index (Phi) is 3.90. The van der Waals surface area contributed by atoms with E-state index >= 15 is 0 Å². The van der Waals surface area contributed by atoms with Crippen molar-refractivity contribution in [2.45, 2.75) is 25.8 Å². The van der Waals surface area contributed by atoms with Gasteiger partial charge in [-0.1, -0.05) is 0 Å². The number of carbonyl (C=O) groups is 1. The van der Waals surface area contributed by atoms with Crippen LogP contribution in [0.25, 0.3) is 0 Å². The lowest BCUT2D eigenvalue weighted by atomic mass is 9.98. The SMILES string of the molecule is CC(CC#N)N(C)C(=O)CC1CNC1. The molecule has 0 saturated carbocycles. The predicted octanol–water partition coefficient (Wildman–Crippen LogP) is 0.356. The third kappa shape index (κ3) is 2.71. The van der Waals surface area contributed by atoms with E-state index in [2.05, 4.69) is 11.4 Å². The molecule has 0 radical (unpaired) electrons. The number of nitrogens with zero attached hydrogens (tertiary/aromatic N) is 2. The minimum absolute atomic E-state index is 0.0283. The fourth-order valence-electron chi connectivity index (χ4n) is 1.40. The molecule has 4 heteroatoms. The molecule has 0 spiro atoms. The highest BCUT2D eigenvalue weighted by atomic mass is 16.2. The number of hydrogen-bond donors (Lipinski definition) is 1. The maximum absolute atomic E-state index is 11.7. The molecule has 1 fully saturated rings. The van der Waals surface area contributed by atoms with Gasteiger partial charge in [0.15, 0.2) is 0 Å². The molecule has 1 atom stereocenters. The summed E-state index contributed by atoms with van der Waals surface area (Å²) in [7, 11) is 1.77. The largest absolute Gasteiger partial charge is 0.342 e. The maximum Gasteiger partial charge on any atom is 0.222 e. The number of nitrogens with one attached hydrogen (secondary N) is 1. The summed E-state index contributed by atoms with van der Waals surface area (Å²) in [6.45, 7) is 3.80. The van der Waals surface area contributed by atoms with Crippen LogP contribution in [-0.4, -0.2) is 37.0 Å². The first-order valence-corrected chi connectivity index (χ1v) is 4.98. The van der Waals surface area contributed by atoms with Gasteiger partial charge in [-0.25, -0.2) is 0 Å². The Labute approximate surface area is 84.9 Å². The van der Waals surface area contributed by atoms with Crippen molar-refractivity contribution in [2.24, 2.45) is 5.92 Å². The summed E-state index contributed by atoms with van der Waals surface area (Å²) in [5.41, 5.74) is 0. The molecule has 0 bridgehead atoms. The third-order valence-electron chi connectivity index (χ3n) is 2.77. The first-order valence-electron chi connectivity index (χ1n) is 4.98. The zero-order chi connectivity index (χ0) is 10.6. The van der Waals surface area contributed by atoms with Crippen molar-refractivity contribution in [3.8, 4) is 6.07 Å². The van der Waals surface area contributed by atoms with Crippen LogP contribution in [0, 0.1) is 17.2 Å². The molecule has 1 saturated heterocycles. The van der Waals surface area contributed by atoms with E-state index in [0.717, 1.165) is 13.1 Å². The number of carbonyl (C=O) groups excluding carboxylic acids is 1. The fourth-order valence-corrected chi connectivity index (χ4v) is 1.40. The summed E-state index contributed by atoms with van der Waals surface area (Å²) in [5, 5.41) is 11.6. The van der Waals surface area contributed by atoms with E-state index in [-0.39, 0.29) is 11.9 Å². The summed E-state index contributed by atoms with van der Waals surface area (Å²) in [5.74, 6) is 0.651. The molecule has 0 aromatic heterocycles. The van der Waals surface area contributed by atoms with E-state index in [0.29, 0.717) is 18.8 Å². The first kappa shape index (κ1) is 11.0. The average molecular weight is 195 g/mol. The van der Waals surface area contributed by atoms with Crippen LogP contribution in [0.3, 0.4) is 0 Å². The molecule has 1 heterocycles. The minimum Gasteiger partial charge on any atom is -0.342 e. The van der Waals surface area contributed by atoms with Crippen molar-refractivity contribution in [1.29, 1.82) is 5.26 Å². The van der Waals surface area contributed by atoms with Crippen molar-refractivity contribution in [2.75, 3.05) is 20.1 Å². The van der Waals surface area contributed by atoms with E-state index in [1.807, 2.05) is 6.92 Å².